The van der Waals surface area contributed by atoms with Gasteiger partial charge in [0.2, 0.25) is 5.13 Å². The maximum atomic E-state index is 5.46. The summed E-state index contributed by atoms with van der Waals surface area (Å²) in [5, 5.41) is 9.27. The lowest BCUT2D eigenvalue weighted by atomic mass is 9.96. The Morgan fingerprint density at radius 2 is 1.80 bits per heavy atom. The number of hydrogen-bond donors (Lipinski definition) is 1. The number of aromatic nitrogens is 2. The van der Waals surface area contributed by atoms with Crippen LogP contribution >= 0.6 is 23.6 Å². The Kier molecular flexibility index (Phi) is 5.07. The molecule has 0 amide bonds. The molecule has 0 bridgehead atoms. The van der Waals surface area contributed by atoms with E-state index < -0.39 is 0 Å². The van der Waals surface area contributed by atoms with Crippen LogP contribution in [0.15, 0.2) is 0 Å². The van der Waals surface area contributed by atoms with Crippen molar-refractivity contribution in [3.8, 4) is 0 Å². The fourth-order valence-corrected chi connectivity index (χ4v) is 4.24. The molecule has 2 heterocycles. The van der Waals surface area contributed by atoms with Crippen molar-refractivity contribution < 1.29 is 0 Å². The minimum atomic E-state index is 0.604. The molecule has 0 atom stereocenters. The van der Waals surface area contributed by atoms with Gasteiger partial charge >= 0.3 is 0 Å². The van der Waals surface area contributed by atoms with E-state index in [2.05, 4.69) is 15.3 Å². The lowest BCUT2D eigenvalue weighted by Gasteiger charge is -2.26. The average molecular weight is 313 g/mol. The first-order chi connectivity index (χ1) is 9.81. The molecule has 3 rings (SSSR count). The van der Waals surface area contributed by atoms with E-state index in [1.54, 1.807) is 11.3 Å². The van der Waals surface area contributed by atoms with E-state index in [-0.39, 0.29) is 0 Å². The predicted molar refractivity (Wildman–Crippen MR) is 86.9 cm³/mol. The van der Waals surface area contributed by atoms with Gasteiger partial charge in [0, 0.05) is 6.04 Å². The van der Waals surface area contributed by atoms with E-state index in [0.717, 1.165) is 15.8 Å². The van der Waals surface area contributed by atoms with E-state index in [0.29, 0.717) is 6.04 Å². The first-order valence-electron chi connectivity index (χ1n) is 7.88. The van der Waals surface area contributed by atoms with E-state index in [4.69, 9.17) is 12.2 Å². The van der Waals surface area contributed by atoms with E-state index in [1.165, 1.54) is 64.5 Å². The van der Waals surface area contributed by atoms with Crippen LogP contribution in [0.2, 0.25) is 0 Å². The van der Waals surface area contributed by atoms with Crippen molar-refractivity contribution in [2.75, 3.05) is 18.4 Å². The number of piperidine rings is 1. The molecule has 1 saturated carbocycles. The minimum Gasteiger partial charge on any atom is -0.357 e. The molecular weight excluding hydrogens is 288 g/mol. The van der Waals surface area contributed by atoms with Crippen molar-refractivity contribution in [2.24, 2.45) is 0 Å². The van der Waals surface area contributed by atoms with Crippen molar-refractivity contribution in [2.45, 2.75) is 64.1 Å². The van der Waals surface area contributed by atoms with Gasteiger partial charge in [-0.1, -0.05) is 37.0 Å². The van der Waals surface area contributed by atoms with Gasteiger partial charge in [0.15, 0.2) is 3.95 Å². The average Bonchev–Trinajstić information content (AvgIpc) is 2.81. The second-order valence-corrected chi connectivity index (χ2v) is 7.59. The number of rotatable bonds is 4. The summed E-state index contributed by atoms with van der Waals surface area (Å²) in [4.78, 5) is 2.46. The molecule has 20 heavy (non-hydrogen) atoms. The number of nitrogens with zero attached hydrogens (tertiary/aromatic N) is 3. The molecule has 112 valence electrons. The molecule has 4 nitrogen and oxygen atoms in total. The normalized spacial score (nSPS) is 22.0. The van der Waals surface area contributed by atoms with Crippen LogP contribution in [-0.4, -0.2) is 33.8 Å². The molecule has 1 aromatic heterocycles. The molecule has 0 aromatic carbocycles. The van der Waals surface area contributed by atoms with Crippen LogP contribution in [-0.2, 0) is 6.67 Å². The Morgan fingerprint density at radius 1 is 1.10 bits per heavy atom. The topological polar surface area (TPSA) is 33.1 Å². The SMILES string of the molecule is S=c1sc(NC2CCCCC2)nn1CN1CCCCC1. The van der Waals surface area contributed by atoms with Crippen molar-refractivity contribution in [3.05, 3.63) is 3.95 Å². The summed E-state index contributed by atoms with van der Waals surface area (Å²) in [7, 11) is 0. The van der Waals surface area contributed by atoms with Crippen LogP contribution in [0.3, 0.4) is 0 Å². The molecule has 1 N–H and O–H groups in total. The smallest absolute Gasteiger partial charge is 0.204 e. The van der Waals surface area contributed by atoms with Crippen molar-refractivity contribution in [1.29, 1.82) is 0 Å². The standard InChI is InChI=1S/C14H24N4S2/c19-14-18(11-17-9-5-2-6-10-17)16-13(20-14)15-12-7-3-1-4-8-12/h12H,1-11H2,(H,15,16). The Labute approximate surface area is 130 Å². The van der Waals surface area contributed by atoms with Crippen LogP contribution in [0, 0.1) is 3.95 Å². The van der Waals surface area contributed by atoms with Gasteiger partial charge in [-0.25, -0.2) is 4.68 Å². The number of nitrogens with one attached hydrogen (secondary N) is 1. The minimum absolute atomic E-state index is 0.604. The highest BCUT2D eigenvalue weighted by atomic mass is 32.1. The monoisotopic (exact) mass is 312 g/mol. The first kappa shape index (κ1) is 14.5. The highest BCUT2D eigenvalue weighted by Gasteiger charge is 2.16. The second-order valence-electron chi connectivity index (χ2n) is 5.97. The maximum absolute atomic E-state index is 5.46. The lowest BCUT2D eigenvalue weighted by Crippen LogP contribution is -2.32. The Morgan fingerprint density at radius 3 is 2.55 bits per heavy atom. The van der Waals surface area contributed by atoms with Gasteiger partial charge in [-0.05, 0) is 51.0 Å². The van der Waals surface area contributed by atoms with E-state index in [1.807, 2.05) is 4.68 Å². The highest BCUT2D eigenvalue weighted by Crippen LogP contribution is 2.23. The summed E-state index contributed by atoms with van der Waals surface area (Å²) in [6.45, 7) is 3.23. The molecule has 1 saturated heterocycles. The molecule has 6 heteroatoms. The third-order valence-corrected chi connectivity index (χ3v) is 5.56. The van der Waals surface area contributed by atoms with Gasteiger partial charge in [-0.15, -0.1) is 5.10 Å². The van der Waals surface area contributed by atoms with Gasteiger partial charge in [0.1, 0.15) is 0 Å². The third-order valence-electron chi connectivity index (χ3n) is 4.32. The van der Waals surface area contributed by atoms with E-state index >= 15 is 0 Å². The fourth-order valence-electron chi connectivity index (χ4n) is 3.17. The number of likely N-dealkylation sites (tertiary alicyclic amines) is 1. The molecule has 2 fully saturated rings. The van der Waals surface area contributed by atoms with Gasteiger partial charge < -0.3 is 5.32 Å². The fraction of sp³-hybridized carbons (Fsp3) is 0.857. The Balaban J connectivity index is 1.59. The van der Waals surface area contributed by atoms with Gasteiger partial charge in [0.25, 0.3) is 0 Å². The molecule has 0 unspecified atom stereocenters. The zero-order chi connectivity index (χ0) is 13.8. The zero-order valence-electron chi connectivity index (χ0n) is 12.0. The number of hydrogen-bond acceptors (Lipinski definition) is 5. The molecule has 1 aliphatic carbocycles. The summed E-state index contributed by atoms with van der Waals surface area (Å²) in [5.74, 6) is 0. The molecule has 1 aliphatic heterocycles. The molecule has 2 aliphatic rings. The van der Waals surface area contributed by atoms with Gasteiger partial charge in [-0.2, -0.15) is 0 Å². The second kappa shape index (κ2) is 7.00. The zero-order valence-corrected chi connectivity index (χ0v) is 13.6. The van der Waals surface area contributed by atoms with Crippen molar-refractivity contribution in [1.82, 2.24) is 14.7 Å². The maximum Gasteiger partial charge on any atom is 0.204 e. The molecule has 1 aromatic rings. The molecule has 0 radical (unpaired) electrons. The summed E-state index contributed by atoms with van der Waals surface area (Å²) in [6.07, 6.45) is 10.6. The predicted octanol–water partition coefficient (Wildman–Crippen LogP) is 3.86. The lowest BCUT2D eigenvalue weighted by molar-refractivity contribution is 0.173. The summed E-state index contributed by atoms with van der Waals surface area (Å²) in [6, 6.07) is 0.604. The Hall–Kier alpha value is -0.460. The van der Waals surface area contributed by atoms with Gasteiger partial charge in [0.05, 0.1) is 6.67 Å². The van der Waals surface area contributed by atoms with Crippen LogP contribution in [0.4, 0.5) is 5.13 Å². The third kappa shape index (κ3) is 3.80. The highest BCUT2D eigenvalue weighted by molar-refractivity contribution is 7.73. The van der Waals surface area contributed by atoms with E-state index in [9.17, 15) is 0 Å². The van der Waals surface area contributed by atoms with Crippen LogP contribution in [0.5, 0.6) is 0 Å². The summed E-state index contributed by atoms with van der Waals surface area (Å²) >= 11 is 7.09. The van der Waals surface area contributed by atoms with Crippen LogP contribution in [0.1, 0.15) is 51.4 Å². The Bertz CT molecular complexity index is 470. The quantitative estimate of drug-likeness (QED) is 0.856. The van der Waals surface area contributed by atoms with Crippen LogP contribution < -0.4 is 5.32 Å². The summed E-state index contributed by atoms with van der Waals surface area (Å²) < 4.78 is 2.89. The van der Waals surface area contributed by atoms with Crippen LogP contribution in [0.25, 0.3) is 0 Å². The number of anilines is 1. The first-order valence-corrected chi connectivity index (χ1v) is 9.10. The van der Waals surface area contributed by atoms with Crippen molar-refractivity contribution >= 4 is 28.7 Å². The van der Waals surface area contributed by atoms with Gasteiger partial charge in [-0.3, -0.25) is 4.90 Å². The molecule has 0 spiro atoms. The largest absolute Gasteiger partial charge is 0.357 e. The molecular formula is C14H24N4S2. The summed E-state index contributed by atoms with van der Waals surface area (Å²) in [5.41, 5.74) is 0. The van der Waals surface area contributed by atoms with Crippen molar-refractivity contribution in [3.63, 3.8) is 0 Å².